The molecule has 3 aliphatic rings. The zero-order chi connectivity index (χ0) is 18.6. The van der Waals surface area contributed by atoms with Gasteiger partial charge in [0.15, 0.2) is 0 Å². The van der Waals surface area contributed by atoms with Gasteiger partial charge in [0.1, 0.15) is 17.8 Å². The molecule has 0 aromatic heterocycles. The number of nitrogens with zero attached hydrogens (tertiary/aromatic N) is 2. The molecule has 2 heterocycles. The van der Waals surface area contributed by atoms with Crippen molar-refractivity contribution in [3.63, 3.8) is 0 Å². The molecule has 1 saturated heterocycles. The molecule has 0 saturated carbocycles. The minimum absolute atomic E-state index is 0.0172. The summed E-state index contributed by atoms with van der Waals surface area (Å²) in [5.41, 5.74) is 2.29. The Balaban J connectivity index is 1.46. The largest absolute Gasteiger partial charge is 0.496 e. The highest BCUT2D eigenvalue weighted by molar-refractivity contribution is 5.77. The molecular weight excluding hydrogens is 340 g/mol. The predicted molar refractivity (Wildman–Crippen MR) is 104 cm³/mol. The number of benzene rings is 1. The van der Waals surface area contributed by atoms with Gasteiger partial charge in [-0.15, -0.1) is 0 Å². The van der Waals surface area contributed by atoms with Crippen LogP contribution in [0.1, 0.15) is 30.7 Å². The van der Waals surface area contributed by atoms with Crippen LogP contribution in [0.3, 0.4) is 0 Å². The third-order valence-corrected chi connectivity index (χ3v) is 5.26. The molecule has 1 aromatic carbocycles. The van der Waals surface area contributed by atoms with E-state index in [-0.39, 0.29) is 6.03 Å². The van der Waals surface area contributed by atoms with Gasteiger partial charge in [-0.25, -0.2) is 4.79 Å². The van der Waals surface area contributed by atoms with Gasteiger partial charge in [-0.2, -0.15) is 0 Å². The molecule has 0 bridgehead atoms. The second kappa shape index (κ2) is 7.74. The molecule has 5 heteroatoms. The fourth-order valence-electron chi connectivity index (χ4n) is 3.81. The highest BCUT2D eigenvalue weighted by Crippen LogP contribution is 2.34. The first-order valence-corrected chi connectivity index (χ1v) is 9.37. The number of allylic oxidation sites excluding steroid dienone is 4. The van der Waals surface area contributed by atoms with Crippen LogP contribution in [0.15, 0.2) is 72.5 Å². The molecule has 1 atom stereocenters. The van der Waals surface area contributed by atoms with Gasteiger partial charge in [-0.3, -0.25) is 4.90 Å². The highest BCUT2D eigenvalue weighted by Gasteiger charge is 2.31. The van der Waals surface area contributed by atoms with E-state index in [0.29, 0.717) is 12.5 Å². The number of ether oxygens (including phenoxy) is 2. The number of likely N-dealkylation sites (tertiary alicyclic amines) is 1. The molecular formula is C22H24N2O3. The summed E-state index contributed by atoms with van der Waals surface area (Å²) in [5, 5.41) is 0. The van der Waals surface area contributed by atoms with Gasteiger partial charge in [0.2, 0.25) is 0 Å². The maximum atomic E-state index is 13.0. The summed E-state index contributed by atoms with van der Waals surface area (Å²) in [7, 11) is 1.69. The average molecular weight is 364 g/mol. The van der Waals surface area contributed by atoms with Crippen molar-refractivity contribution in [2.24, 2.45) is 0 Å². The average Bonchev–Trinajstić information content (AvgIpc) is 3.24. The molecule has 0 radical (unpaired) electrons. The van der Waals surface area contributed by atoms with Gasteiger partial charge in [-0.1, -0.05) is 36.4 Å². The molecule has 140 valence electrons. The Labute approximate surface area is 159 Å². The van der Waals surface area contributed by atoms with E-state index in [1.165, 1.54) is 5.56 Å². The Morgan fingerprint density at radius 3 is 3.00 bits per heavy atom. The number of carbonyl (C=O) groups excluding carboxylic acids is 1. The van der Waals surface area contributed by atoms with Gasteiger partial charge in [0.05, 0.1) is 13.3 Å². The van der Waals surface area contributed by atoms with Crippen LogP contribution in [0.2, 0.25) is 0 Å². The van der Waals surface area contributed by atoms with Crippen molar-refractivity contribution in [3.05, 3.63) is 78.1 Å². The zero-order valence-electron chi connectivity index (χ0n) is 15.5. The number of methoxy groups -OCH3 is 1. The molecule has 1 aliphatic carbocycles. The SMILES string of the molecule is COc1ccccc1C1CCN(C(=O)N2C=COC(C3=CC=CCC3)=C2)C1. The fourth-order valence-corrected chi connectivity index (χ4v) is 3.81. The van der Waals surface area contributed by atoms with Gasteiger partial charge in [-0.05, 0) is 36.5 Å². The van der Waals surface area contributed by atoms with E-state index in [9.17, 15) is 4.79 Å². The van der Waals surface area contributed by atoms with E-state index in [4.69, 9.17) is 9.47 Å². The molecule has 1 fully saturated rings. The van der Waals surface area contributed by atoms with Crippen LogP contribution in [-0.2, 0) is 4.74 Å². The normalized spacial score (nSPS) is 21.6. The Hall–Kier alpha value is -2.95. The summed E-state index contributed by atoms with van der Waals surface area (Å²) in [6, 6.07) is 8.05. The number of para-hydroxylation sites is 1. The third kappa shape index (κ3) is 3.63. The molecule has 0 N–H and O–H groups in total. The van der Waals surface area contributed by atoms with Gasteiger partial charge < -0.3 is 14.4 Å². The zero-order valence-corrected chi connectivity index (χ0v) is 15.5. The van der Waals surface area contributed by atoms with Crippen molar-refractivity contribution >= 4 is 6.03 Å². The number of hydrogen-bond acceptors (Lipinski definition) is 3. The molecule has 1 unspecified atom stereocenters. The summed E-state index contributed by atoms with van der Waals surface area (Å²) in [6.07, 6.45) is 14.1. The molecule has 2 amide bonds. The van der Waals surface area contributed by atoms with Crippen LogP contribution in [0.25, 0.3) is 0 Å². The first-order chi connectivity index (χ1) is 13.3. The predicted octanol–water partition coefficient (Wildman–Crippen LogP) is 4.53. The monoisotopic (exact) mass is 364 g/mol. The van der Waals surface area contributed by atoms with Crippen LogP contribution in [0.5, 0.6) is 5.75 Å². The summed E-state index contributed by atoms with van der Waals surface area (Å²) in [5.74, 6) is 1.93. The standard InChI is InChI=1S/C22H24N2O3/c1-26-20-10-6-5-9-19(20)18-11-12-23(15-18)22(25)24-13-14-27-21(16-24)17-7-3-2-4-8-17/h2-3,5-7,9-10,13-14,16,18H,4,8,11-12,15H2,1H3. The lowest BCUT2D eigenvalue weighted by Gasteiger charge is -2.26. The van der Waals surface area contributed by atoms with E-state index >= 15 is 0 Å². The van der Waals surface area contributed by atoms with Crippen LogP contribution < -0.4 is 4.74 Å². The lowest BCUT2D eigenvalue weighted by Crippen LogP contribution is -2.37. The Morgan fingerprint density at radius 2 is 2.19 bits per heavy atom. The van der Waals surface area contributed by atoms with E-state index in [1.807, 2.05) is 35.3 Å². The van der Waals surface area contributed by atoms with Gasteiger partial charge in [0.25, 0.3) is 0 Å². The Morgan fingerprint density at radius 1 is 1.30 bits per heavy atom. The molecule has 5 nitrogen and oxygen atoms in total. The number of carbonyl (C=O) groups is 1. The number of hydrogen-bond donors (Lipinski definition) is 0. The van der Waals surface area contributed by atoms with Crippen LogP contribution in [0, 0.1) is 0 Å². The lowest BCUT2D eigenvalue weighted by atomic mass is 9.97. The number of urea groups is 1. The maximum absolute atomic E-state index is 13.0. The van der Waals surface area contributed by atoms with Crippen molar-refractivity contribution in [2.45, 2.75) is 25.2 Å². The van der Waals surface area contributed by atoms with Gasteiger partial charge in [0, 0.05) is 25.2 Å². The van der Waals surface area contributed by atoms with Crippen molar-refractivity contribution in [1.29, 1.82) is 0 Å². The minimum atomic E-state index is -0.0172. The summed E-state index contributed by atoms with van der Waals surface area (Å²) < 4.78 is 11.1. The molecule has 0 spiro atoms. The molecule has 4 rings (SSSR count). The Bertz CT molecular complexity index is 838. The maximum Gasteiger partial charge on any atom is 0.328 e. The highest BCUT2D eigenvalue weighted by atomic mass is 16.5. The fraction of sp³-hybridized carbons (Fsp3) is 0.318. The van der Waals surface area contributed by atoms with Crippen LogP contribution >= 0.6 is 0 Å². The summed E-state index contributed by atoms with van der Waals surface area (Å²) in [6.45, 7) is 1.43. The Kier molecular flexibility index (Phi) is 5.01. The van der Waals surface area contributed by atoms with Gasteiger partial charge >= 0.3 is 6.03 Å². The van der Waals surface area contributed by atoms with E-state index < -0.39 is 0 Å². The van der Waals surface area contributed by atoms with E-state index in [2.05, 4.69) is 12.1 Å². The van der Waals surface area contributed by atoms with Crippen molar-refractivity contribution in [2.75, 3.05) is 20.2 Å². The lowest BCUT2D eigenvalue weighted by molar-refractivity contribution is 0.185. The van der Waals surface area contributed by atoms with E-state index in [1.54, 1.807) is 30.7 Å². The summed E-state index contributed by atoms with van der Waals surface area (Å²) in [4.78, 5) is 16.5. The van der Waals surface area contributed by atoms with Crippen molar-refractivity contribution in [3.8, 4) is 5.75 Å². The third-order valence-electron chi connectivity index (χ3n) is 5.26. The number of amides is 2. The second-order valence-corrected chi connectivity index (χ2v) is 6.92. The van der Waals surface area contributed by atoms with E-state index in [0.717, 1.165) is 42.9 Å². The second-order valence-electron chi connectivity index (χ2n) is 6.92. The van der Waals surface area contributed by atoms with Crippen molar-refractivity contribution < 1.29 is 14.3 Å². The first kappa shape index (κ1) is 17.5. The summed E-state index contributed by atoms with van der Waals surface area (Å²) >= 11 is 0. The number of rotatable bonds is 3. The first-order valence-electron chi connectivity index (χ1n) is 9.37. The van der Waals surface area contributed by atoms with Crippen LogP contribution in [-0.4, -0.2) is 36.0 Å². The smallest absolute Gasteiger partial charge is 0.328 e. The quantitative estimate of drug-likeness (QED) is 0.792. The minimum Gasteiger partial charge on any atom is -0.496 e. The van der Waals surface area contributed by atoms with Crippen molar-refractivity contribution in [1.82, 2.24) is 9.80 Å². The molecule has 1 aromatic rings. The molecule has 27 heavy (non-hydrogen) atoms. The van der Waals surface area contributed by atoms with Crippen LogP contribution in [0.4, 0.5) is 4.79 Å². The topological polar surface area (TPSA) is 42.0 Å². The molecule has 2 aliphatic heterocycles.